The molecule has 0 atom stereocenters. The van der Waals surface area contributed by atoms with Crippen LogP contribution in [0.5, 0.6) is 0 Å². The minimum atomic E-state index is -0.921. The molecule has 1 aliphatic carbocycles. The predicted molar refractivity (Wildman–Crippen MR) is 74.7 cm³/mol. The number of nitrogens with one attached hydrogen (secondary N) is 1. The van der Waals surface area contributed by atoms with Gasteiger partial charge in [0.05, 0.1) is 6.42 Å². The first-order valence-corrected chi connectivity index (χ1v) is 7.33. The number of carbonyl (C=O) groups is 1. The van der Waals surface area contributed by atoms with Gasteiger partial charge in [0, 0.05) is 11.9 Å². The minimum Gasteiger partial charge on any atom is -0.356 e. The fraction of sp³-hybridized carbons (Fsp3) is 0.533. The fourth-order valence-electron chi connectivity index (χ4n) is 2.48. The lowest BCUT2D eigenvalue weighted by Crippen LogP contribution is -2.32. The molecule has 0 unspecified atom stereocenters. The van der Waals surface area contributed by atoms with Gasteiger partial charge in [-0.15, -0.1) is 11.6 Å². The third-order valence-electron chi connectivity index (χ3n) is 3.71. The topological polar surface area (TPSA) is 29.1 Å². The summed E-state index contributed by atoms with van der Waals surface area (Å²) in [6.45, 7) is 0.631. The van der Waals surface area contributed by atoms with E-state index in [0.29, 0.717) is 18.0 Å². The van der Waals surface area contributed by atoms with Crippen LogP contribution in [0.3, 0.4) is 0 Å². The van der Waals surface area contributed by atoms with E-state index in [1.807, 2.05) is 0 Å². The lowest BCUT2D eigenvalue weighted by atomic mass is 9.89. The van der Waals surface area contributed by atoms with E-state index in [-0.39, 0.29) is 17.7 Å². The molecule has 0 bridgehead atoms. The number of carbonyl (C=O) groups excluding carboxylic acids is 1. The standard InChI is InChI=1S/C15H18ClF2NO/c16-12-4-1-10(2-5-12)9-19-15(20)8-11-3-6-13(17)14(18)7-11/h3,6-7,10,12H,1-2,4-5,8-9H2,(H,19,20). The third kappa shape index (κ3) is 4.44. The SMILES string of the molecule is O=C(Cc1ccc(F)c(F)c1)NCC1CCC(Cl)CC1. The highest BCUT2D eigenvalue weighted by Gasteiger charge is 2.19. The molecule has 1 aliphatic rings. The largest absolute Gasteiger partial charge is 0.356 e. The van der Waals surface area contributed by atoms with Crippen molar-refractivity contribution in [2.24, 2.45) is 5.92 Å². The molecular formula is C15H18ClF2NO. The van der Waals surface area contributed by atoms with Gasteiger partial charge in [0.15, 0.2) is 11.6 Å². The van der Waals surface area contributed by atoms with Gasteiger partial charge in [0.2, 0.25) is 5.91 Å². The number of hydrogen-bond donors (Lipinski definition) is 1. The minimum absolute atomic E-state index is 0.0715. The van der Waals surface area contributed by atoms with Crippen molar-refractivity contribution in [2.75, 3.05) is 6.54 Å². The average Bonchev–Trinajstić information content (AvgIpc) is 2.42. The van der Waals surface area contributed by atoms with Crippen molar-refractivity contribution in [1.82, 2.24) is 5.32 Å². The Morgan fingerprint density at radius 2 is 1.90 bits per heavy atom. The Kier molecular flexibility index (Phi) is 5.35. The van der Waals surface area contributed by atoms with Gasteiger partial charge in [0.25, 0.3) is 0 Å². The molecule has 0 spiro atoms. The van der Waals surface area contributed by atoms with Gasteiger partial charge < -0.3 is 5.32 Å². The maximum atomic E-state index is 13.0. The molecule has 0 aromatic heterocycles. The van der Waals surface area contributed by atoms with E-state index in [2.05, 4.69) is 5.32 Å². The van der Waals surface area contributed by atoms with Crippen molar-refractivity contribution < 1.29 is 13.6 Å². The lowest BCUT2D eigenvalue weighted by Gasteiger charge is -2.25. The van der Waals surface area contributed by atoms with E-state index >= 15 is 0 Å². The summed E-state index contributed by atoms with van der Waals surface area (Å²) in [6.07, 6.45) is 4.11. The van der Waals surface area contributed by atoms with Crippen LogP contribution in [0.4, 0.5) is 8.78 Å². The van der Waals surface area contributed by atoms with Crippen molar-refractivity contribution in [3.05, 3.63) is 35.4 Å². The van der Waals surface area contributed by atoms with Gasteiger partial charge in [-0.1, -0.05) is 6.07 Å². The smallest absolute Gasteiger partial charge is 0.224 e. The molecule has 0 heterocycles. The van der Waals surface area contributed by atoms with Crippen LogP contribution < -0.4 is 5.32 Å². The molecular weight excluding hydrogens is 284 g/mol. The van der Waals surface area contributed by atoms with Crippen LogP contribution in [-0.2, 0) is 11.2 Å². The maximum absolute atomic E-state index is 13.0. The maximum Gasteiger partial charge on any atom is 0.224 e. The number of rotatable bonds is 4. The first kappa shape index (κ1) is 15.2. The summed E-state index contributed by atoms with van der Waals surface area (Å²) in [7, 11) is 0. The average molecular weight is 302 g/mol. The van der Waals surface area contributed by atoms with Crippen molar-refractivity contribution in [3.8, 4) is 0 Å². The molecule has 0 aliphatic heterocycles. The highest BCUT2D eigenvalue weighted by atomic mass is 35.5. The van der Waals surface area contributed by atoms with Crippen LogP contribution in [0.1, 0.15) is 31.2 Å². The van der Waals surface area contributed by atoms with Gasteiger partial charge >= 0.3 is 0 Å². The summed E-state index contributed by atoms with van der Waals surface area (Å²) in [5.41, 5.74) is 0.478. The highest BCUT2D eigenvalue weighted by molar-refractivity contribution is 6.20. The Labute approximate surface area is 122 Å². The second-order valence-electron chi connectivity index (χ2n) is 5.35. The second-order valence-corrected chi connectivity index (χ2v) is 5.96. The van der Waals surface area contributed by atoms with Crippen molar-refractivity contribution in [3.63, 3.8) is 0 Å². The normalized spacial score (nSPS) is 22.6. The van der Waals surface area contributed by atoms with E-state index in [4.69, 9.17) is 11.6 Å². The zero-order valence-corrected chi connectivity index (χ0v) is 11.9. The molecule has 1 aromatic rings. The van der Waals surface area contributed by atoms with Gasteiger partial charge in [0.1, 0.15) is 0 Å². The number of halogens is 3. The van der Waals surface area contributed by atoms with Crippen LogP contribution in [-0.4, -0.2) is 17.8 Å². The van der Waals surface area contributed by atoms with E-state index < -0.39 is 11.6 Å². The summed E-state index contributed by atoms with van der Waals surface area (Å²) in [6, 6.07) is 3.53. The van der Waals surface area contributed by atoms with Crippen LogP contribution >= 0.6 is 11.6 Å². The molecule has 2 rings (SSSR count). The van der Waals surface area contributed by atoms with E-state index in [1.165, 1.54) is 6.07 Å². The van der Waals surface area contributed by atoms with Crippen molar-refractivity contribution in [2.45, 2.75) is 37.5 Å². The summed E-state index contributed by atoms with van der Waals surface area (Å²) >= 11 is 6.03. The summed E-state index contributed by atoms with van der Waals surface area (Å²) < 4.78 is 25.8. The zero-order chi connectivity index (χ0) is 14.5. The molecule has 0 radical (unpaired) electrons. The van der Waals surface area contributed by atoms with Crippen molar-refractivity contribution >= 4 is 17.5 Å². The van der Waals surface area contributed by atoms with Crippen LogP contribution in [0.25, 0.3) is 0 Å². The van der Waals surface area contributed by atoms with Gasteiger partial charge in [-0.05, 0) is 49.3 Å². The molecule has 110 valence electrons. The van der Waals surface area contributed by atoms with E-state index in [1.54, 1.807) is 0 Å². The Bertz CT molecular complexity index is 473. The number of amides is 1. The molecule has 1 saturated carbocycles. The number of hydrogen-bond acceptors (Lipinski definition) is 1. The lowest BCUT2D eigenvalue weighted by molar-refractivity contribution is -0.120. The Morgan fingerprint density at radius 3 is 2.55 bits per heavy atom. The molecule has 5 heteroatoms. The Balaban J connectivity index is 1.76. The number of alkyl halides is 1. The first-order chi connectivity index (χ1) is 9.54. The quantitative estimate of drug-likeness (QED) is 0.848. The van der Waals surface area contributed by atoms with Crippen LogP contribution in [0.2, 0.25) is 0 Å². The summed E-state index contributed by atoms with van der Waals surface area (Å²) in [5, 5.41) is 3.12. The van der Waals surface area contributed by atoms with E-state index in [0.717, 1.165) is 37.8 Å². The van der Waals surface area contributed by atoms with Gasteiger partial charge in [-0.3, -0.25) is 4.79 Å². The molecule has 0 saturated heterocycles. The number of benzene rings is 1. The van der Waals surface area contributed by atoms with Crippen LogP contribution in [0.15, 0.2) is 18.2 Å². The molecule has 2 nitrogen and oxygen atoms in total. The molecule has 1 amide bonds. The summed E-state index contributed by atoms with van der Waals surface area (Å²) in [5.74, 6) is -1.51. The molecule has 1 aromatic carbocycles. The van der Waals surface area contributed by atoms with Crippen molar-refractivity contribution in [1.29, 1.82) is 0 Å². The Hall–Kier alpha value is -1.16. The molecule has 1 N–H and O–H groups in total. The first-order valence-electron chi connectivity index (χ1n) is 6.89. The van der Waals surface area contributed by atoms with Gasteiger partial charge in [-0.2, -0.15) is 0 Å². The fourth-order valence-corrected chi connectivity index (χ4v) is 2.73. The summed E-state index contributed by atoms with van der Waals surface area (Å²) in [4.78, 5) is 11.8. The van der Waals surface area contributed by atoms with Crippen LogP contribution in [0, 0.1) is 17.6 Å². The Morgan fingerprint density at radius 1 is 1.20 bits per heavy atom. The monoisotopic (exact) mass is 301 g/mol. The second kappa shape index (κ2) is 7.02. The molecule has 20 heavy (non-hydrogen) atoms. The highest BCUT2D eigenvalue weighted by Crippen LogP contribution is 2.26. The van der Waals surface area contributed by atoms with E-state index in [9.17, 15) is 13.6 Å². The third-order valence-corrected chi connectivity index (χ3v) is 4.15. The zero-order valence-electron chi connectivity index (χ0n) is 11.2. The van der Waals surface area contributed by atoms with Gasteiger partial charge in [-0.25, -0.2) is 8.78 Å². The molecule has 1 fully saturated rings. The predicted octanol–water partition coefficient (Wildman–Crippen LogP) is 3.42.